The number of phenols is 2. The number of carbonyl (C=O) groups excluding carboxylic acids is 4. The second-order valence-corrected chi connectivity index (χ2v) is 12.8. The lowest BCUT2D eigenvalue weighted by Crippen LogP contribution is -2.46. The molecule has 1 aliphatic carbocycles. The highest BCUT2D eigenvalue weighted by Gasteiger charge is 2.40. The van der Waals surface area contributed by atoms with E-state index in [4.69, 9.17) is 0 Å². The molecule has 4 bridgehead atoms. The van der Waals surface area contributed by atoms with Crippen LogP contribution in [0.5, 0.6) is 11.5 Å². The Labute approximate surface area is 273 Å². The minimum absolute atomic E-state index is 0.117. The van der Waals surface area contributed by atoms with Crippen molar-refractivity contribution in [1.82, 2.24) is 5.32 Å². The van der Waals surface area contributed by atoms with Gasteiger partial charge in [-0.15, -0.1) is 0 Å². The van der Waals surface area contributed by atoms with Gasteiger partial charge >= 0.3 is 0 Å². The standard InChI is InChI=1S/C35H45NO11/c1-14-9-8-10-15(2)35(47)36-22-12-23(38)24-25(32(44)20(7)33(45)26(24)34(22)46)28(40)16(3)11-21(13-37)31(43)19(6)30(42)18(5)29(41)17(4)27(14)39/h8-12,14,17-19,21,27,29-31,37,39,41-45H,13H2,1-7H3,(H,36,47)/b9-8+,15-10-,16-11-/t14-,17+,18+,19-,21?,27-,29+,30-,31+/m0/s1. The summed E-state index contributed by atoms with van der Waals surface area (Å²) in [5, 5.41) is 78.6. The van der Waals surface area contributed by atoms with E-state index < -0.39 is 118 Å². The first-order chi connectivity index (χ1) is 21.9. The van der Waals surface area contributed by atoms with Crippen molar-refractivity contribution in [3.8, 4) is 11.5 Å². The van der Waals surface area contributed by atoms with Crippen molar-refractivity contribution in [2.24, 2.45) is 29.6 Å². The number of phenolic OH excluding ortho intramolecular Hbond substituents is 2. The fraction of sp³-hybridized carbons (Fsp3) is 0.486. The molecule has 12 heteroatoms. The molecule has 0 aromatic heterocycles. The summed E-state index contributed by atoms with van der Waals surface area (Å²) >= 11 is 0. The molecule has 1 aromatic rings. The lowest BCUT2D eigenvalue weighted by Gasteiger charge is -2.37. The van der Waals surface area contributed by atoms with Crippen LogP contribution < -0.4 is 5.32 Å². The molecule has 47 heavy (non-hydrogen) atoms. The molecule has 4 rings (SSSR count). The number of amides is 1. The Morgan fingerprint density at radius 1 is 0.702 bits per heavy atom. The highest BCUT2D eigenvalue weighted by atomic mass is 16.3. The van der Waals surface area contributed by atoms with Gasteiger partial charge in [0.25, 0.3) is 5.91 Å². The number of hydrogen-bond acceptors (Lipinski definition) is 11. The average Bonchev–Trinajstić information content (AvgIpc) is 3.04. The van der Waals surface area contributed by atoms with Crippen LogP contribution in [0.15, 0.2) is 47.2 Å². The molecule has 9 atom stereocenters. The number of fused-ring (bicyclic) bond motifs is 15. The monoisotopic (exact) mass is 655 g/mol. The van der Waals surface area contributed by atoms with Crippen LogP contribution in [0.2, 0.25) is 0 Å². The van der Waals surface area contributed by atoms with Gasteiger partial charge in [0, 0.05) is 46.8 Å². The maximum absolute atomic E-state index is 13.8. The molecule has 1 aromatic carbocycles. The van der Waals surface area contributed by atoms with Crippen molar-refractivity contribution in [3.63, 3.8) is 0 Å². The fourth-order valence-corrected chi connectivity index (χ4v) is 6.11. The van der Waals surface area contributed by atoms with Gasteiger partial charge in [-0.3, -0.25) is 19.2 Å². The van der Waals surface area contributed by atoms with E-state index in [-0.39, 0.29) is 16.7 Å². The van der Waals surface area contributed by atoms with Crippen LogP contribution in [0.4, 0.5) is 0 Å². The number of allylic oxidation sites excluding steroid dienone is 5. The number of Topliss-reactive ketones (excluding diaryl/α,β-unsaturated/α-hetero) is 2. The van der Waals surface area contributed by atoms with Crippen molar-refractivity contribution < 1.29 is 54.9 Å². The molecule has 2 heterocycles. The Morgan fingerprint density at radius 2 is 1.21 bits per heavy atom. The first kappa shape index (κ1) is 37.5. The number of ketones is 3. The summed E-state index contributed by atoms with van der Waals surface area (Å²) in [7, 11) is 0. The van der Waals surface area contributed by atoms with E-state index in [2.05, 4.69) is 5.32 Å². The topological polar surface area (TPSA) is 222 Å². The number of aromatic hydroxyl groups is 2. The summed E-state index contributed by atoms with van der Waals surface area (Å²) in [5.74, 6) is -9.29. The zero-order valence-electron chi connectivity index (χ0n) is 27.6. The predicted molar refractivity (Wildman–Crippen MR) is 172 cm³/mol. The Bertz CT molecular complexity index is 1570. The zero-order valence-corrected chi connectivity index (χ0v) is 27.6. The number of benzene rings is 1. The van der Waals surface area contributed by atoms with Gasteiger partial charge in [-0.25, -0.2) is 0 Å². The molecule has 12 nitrogen and oxygen atoms in total. The molecular weight excluding hydrogens is 610 g/mol. The van der Waals surface area contributed by atoms with Crippen molar-refractivity contribution in [2.45, 2.75) is 72.9 Å². The third kappa shape index (κ3) is 7.31. The average molecular weight is 656 g/mol. The molecular formula is C35H45NO11. The first-order valence-electron chi connectivity index (χ1n) is 15.5. The number of rotatable bonds is 1. The third-order valence-corrected chi connectivity index (χ3v) is 9.51. The summed E-state index contributed by atoms with van der Waals surface area (Å²) in [6.07, 6.45) is 1.49. The maximum Gasteiger partial charge on any atom is 0.251 e. The molecule has 256 valence electrons. The van der Waals surface area contributed by atoms with Crippen LogP contribution in [0.1, 0.15) is 78.2 Å². The van der Waals surface area contributed by atoms with E-state index in [9.17, 15) is 54.9 Å². The second-order valence-electron chi connectivity index (χ2n) is 12.8. The summed E-state index contributed by atoms with van der Waals surface area (Å²) in [6, 6.07) is 0. The summed E-state index contributed by atoms with van der Waals surface area (Å²) in [6.45, 7) is 9.69. The van der Waals surface area contributed by atoms with Gasteiger partial charge in [0.15, 0.2) is 11.6 Å². The SMILES string of the molecule is C/C1=C/C=C/[C@H](C)[C@H](O)[C@@H](C)[C@@H](O)[C@@H](C)[C@H](O)[C@H](C)[C@@H](O)C(CO)/C=C(/C)C(=O)c2c(O)c(C)c(O)c3c2C(=O)C=C(NC1=O)C3=O. The fourth-order valence-electron chi connectivity index (χ4n) is 6.11. The predicted octanol–water partition coefficient (Wildman–Crippen LogP) is 2.03. The maximum atomic E-state index is 13.8. The smallest absolute Gasteiger partial charge is 0.251 e. The lowest BCUT2D eigenvalue weighted by molar-refractivity contribution is -0.116. The summed E-state index contributed by atoms with van der Waals surface area (Å²) in [5.41, 5.74) is -2.50. The first-order valence-corrected chi connectivity index (χ1v) is 15.5. The van der Waals surface area contributed by atoms with E-state index in [1.54, 1.807) is 26.8 Å². The van der Waals surface area contributed by atoms with E-state index in [1.165, 1.54) is 45.9 Å². The largest absolute Gasteiger partial charge is 0.507 e. The van der Waals surface area contributed by atoms with Gasteiger partial charge in [0.2, 0.25) is 5.78 Å². The third-order valence-electron chi connectivity index (χ3n) is 9.51. The summed E-state index contributed by atoms with van der Waals surface area (Å²) in [4.78, 5) is 53.6. The number of nitrogens with one attached hydrogen (secondary N) is 1. The quantitative estimate of drug-likeness (QED) is 0.219. The van der Waals surface area contributed by atoms with Crippen LogP contribution in [-0.4, -0.2) is 90.0 Å². The zero-order chi connectivity index (χ0) is 35.7. The second kappa shape index (κ2) is 14.9. The minimum Gasteiger partial charge on any atom is -0.507 e. The van der Waals surface area contributed by atoms with Crippen molar-refractivity contribution in [2.75, 3.05) is 6.61 Å². The molecule has 3 aliphatic rings. The van der Waals surface area contributed by atoms with Gasteiger partial charge < -0.3 is 41.1 Å². The summed E-state index contributed by atoms with van der Waals surface area (Å²) < 4.78 is 0. The van der Waals surface area contributed by atoms with E-state index >= 15 is 0 Å². The molecule has 2 aliphatic heterocycles. The van der Waals surface area contributed by atoms with E-state index in [0.717, 1.165) is 6.08 Å². The number of carbonyl (C=O) groups is 4. The Kier molecular flexibility index (Phi) is 11.9. The van der Waals surface area contributed by atoms with Crippen LogP contribution in [0, 0.1) is 36.5 Å². The van der Waals surface area contributed by atoms with Crippen LogP contribution in [0.25, 0.3) is 0 Å². The van der Waals surface area contributed by atoms with E-state index in [1.807, 2.05) is 0 Å². The Morgan fingerprint density at radius 3 is 1.77 bits per heavy atom. The van der Waals surface area contributed by atoms with Gasteiger partial charge in [-0.1, -0.05) is 52.0 Å². The molecule has 1 unspecified atom stereocenters. The van der Waals surface area contributed by atoms with Gasteiger partial charge in [0.05, 0.1) is 53.4 Å². The molecule has 8 N–H and O–H groups in total. The molecule has 0 fully saturated rings. The highest BCUT2D eigenvalue weighted by Crippen LogP contribution is 2.41. The van der Waals surface area contributed by atoms with E-state index in [0.29, 0.717) is 0 Å². The number of aliphatic hydroxyl groups is 5. The highest BCUT2D eigenvalue weighted by molar-refractivity contribution is 6.31. The lowest BCUT2D eigenvalue weighted by atomic mass is 9.76. The van der Waals surface area contributed by atoms with Crippen molar-refractivity contribution >= 4 is 23.3 Å². The number of hydrogen-bond donors (Lipinski definition) is 8. The Hall–Kier alpha value is -3.94. The minimum atomic E-state index is -1.44. The molecule has 0 saturated carbocycles. The van der Waals surface area contributed by atoms with Gasteiger partial charge in [0.1, 0.15) is 11.5 Å². The molecule has 0 saturated heterocycles. The molecule has 0 radical (unpaired) electrons. The van der Waals surface area contributed by atoms with Crippen LogP contribution >= 0.6 is 0 Å². The van der Waals surface area contributed by atoms with Crippen molar-refractivity contribution in [1.29, 1.82) is 0 Å². The normalized spacial score (nSPS) is 34.6. The van der Waals surface area contributed by atoms with Crippen molar-refractivity contribution in [3.05, 3.63) is 69.5 Å². The van der Waals surface area contributed by atoms with Crippen LogP contribution in [-0.2, 0) is 4.79 Å². The van der Waals surface area contributed by atoms with Crippen LogP contribution in [0.3, 0.4) is 0 Å². The van der Waals surface area contributed by atoms with Gasteiger partial charge in [-0.05, 0) is 26.3 Å². The molecule has 0 spiro atoms. The van der Waals surface area contributed by atoms with Gasteiger partial charge in [-0.2, -0.15) is 0 Å². The molecule has 1 amide bonds. The Balaban J connectivity index is 2.23. The number of aliphatic hydroxyl groups excluding tert-OH is 5.